The number of hydrogen-bond donors (Lipinski definition) is 0. The number of esters is 2. The second kappa shape index (κ2) is 11.8. The second-order valence-electron chi connectivity index (χ2n) is 10.4. The number of alkyl halides is 3. The molecule has 2 aromatic rings. The number of amides is 1. The van der Waals surface area contributed by atoms with Crippen LogP contribution in [-0.2, 0) is 46.1 Å². The van der Waals surface area contributed by atoms with Crippen LogP contribution in [0.3, 0.4) is 0 Å². The number of hydrogen-bond acceptors (Lipinski definition) is 10. The number of rotatable bonds is 9. The van der Waals surface area contributed by atoms with E-state index in [0.717, 1.165) is 17.0 Å². The number of nitriles is 1. The van der Waals surface area contributed by atoms with Crippen LogP contribution in [-0.4, -0.2) is 79.4 Å². The SMILES string of the molecule is COCN1C(=O)OC2(CCN(CCCOCc3ccc(C(F)(F)F)cc3-c3cccc(C#N)c3)CC2)C12OC(=O)C(=O)O2. The lowest BCUT2D eigenvalue weighted by molar-refractivity contribution is -0.294. The van der Waals surface area contributed by atoms with Gasteiger partial charge >= 0.3 is 30.1 Å². The molecule has 0 atom stereocenters. The third-order valence-electron chi connectivity index (χ3n) is 7.75. The van der Waals surface area contributed by atoms with Crippen LogP contribution in [0.15, 0.2) is 42.5 Å². The van der Waals surface area contributed by atoms with Gasteiger partial charge in [0.25, 0.3) is 0 Å². The molecule has 3 fully saturated rings. The zero-order chi connectivity index (χ0) is 30.8. The number of halogens is 3. The average molecular weight is 604 g/mol. The summed E-state index contributed by atoms with van der Waals surface area (Å²) < 4.78 is 67.3. The molecule has 0 aliphatic carbocycles. The van der Waals surface area contributed by atoms with Gasteiger partial charge in [-0.05, 0) is 47.4 Å². The number of ether oxygens (including phenoxy) is 5. The van der Waals surface area contributed by atoms with Gasteiger partial charge in [0, 0.05) is 46.2 Å². The third-order valence-corrected chi connectivity index (χ3v) is 7.75. The summed E-state index contributed by atoms with van der Waals surface area (Å²) in [5.41, 5.74) is -0.474. The van der Waals surface area contributed by atoms with Gasteiger partial charge in [0.1, 0.15) is 6.73 Å². The standard InChI is InChI=1S/C29H28F3N3O8/c1-39-18-35-26(38)43-27(29(35)41-24(36)25(37)42-29)8-11-34(12-9-27)10-3-13-40-17-21-6-7-22(28(30,31)32)15-23(21)20-5-2-4-19(14-20)16-33/h2,4-7,14-15H,3,8-13,17-18H2,1H3. The number of carbonyl (C=O) groups is 3. The molecule has 3 aliphatic heterocycles. The number of nitrogens with zero attached hydrogens (tertiary/aromatic N) is 3. The van der Waals surface area contributed by atoms with Gasteiger partial charge in [0.05, 0.1) is 23.8 Å². The lowest BCUT2D eigenvalue weighted by atomic mass is 9.87. The van der Waals surface area contributed by atoms with Gasteiger partial charge in [0.2, 0.25) is 5.60 Å². The maximum Gasteiger partial charge on any atom is 0.422 e. The average Bonchev–Trinajstić information content (AvgIpc) is 3.40. The van der Waals surface area contributed by atoms with Crippen LogP contribution in [0.4, 0.5) is 18.0 Å². The first-order chi connectivity index (χ1) is 20.5. The normalized spacial score (nSPS) is 19.4. The summed E-state index contributed by atoms with van der Waals surface area (Å²) in [5.74, 6) is -4.46. The smallest absolute Gasteiger partial charge is 0.422 e. The zero-order valence-electron chi connectivity index (χ0n) is 23.1. The molecule has 0 aromatic heterocycles. The molecule has 0 N–H and O–H groups in total. The number of piperidine rings is 1. The molecule has 3 aliphatic rings. The van der Waals surface area contributed by atoms with E-state index >= 15 is 0 Å². The Kier molecular flexibility index (Phi) is 8.33. The van der Waals surface area contributed by atoms with Crippen LogP contribution in [0.1, 0.15) is 36.0 Å². The molecule has 2 aromatic carbocycles. The van der Waals surface area contributed by atoms with Gasteiger partial charge < -0.3 is 28.6 Å². The van der Waals surface area contributed by atoms with Crippen molar-refractivity contribution in [3.63, 3.8) is 0 Å². The van der Waals surface area contributed by atoms with E-state index in [1.807, 2.05) is 6.07 Å². The van der Waals surface area contributed by atoms with Crippen molar-refractivity contribution in [1.29, 1.82) is 5.26 Å². The summed E-state index contributed by atoms with van der Waals surface area (Å²) in [6.07, 6.45) is -4.31. The summed E-state index contributed by atoms with van der Waals surface area (Å²) in [4.78, 5) is 39.6. The summed E-state index contributed by atoms with van der Waals surface area (Å²) in [6.45, 7) is 1.54. The van der Waals surface area contributed by atoms with Crippen molar-refractivity contribution in [3.05, 3.63) is 59.2 Å². The highest BCUT2D eigenvalue weighted by atomic mass is 19.4. The maximum absolute atomic E-state index is 13.4. The van der Waals surface area contributed by atoms with Crippen LogP contribution in [0.5, 0.6) is 0 Å². The van der Waals surface area contributed by atoms with Crippen LogP contribution >= 0.6 is 0 Å². The minimum absolute atomic E-state index is 0.0674. The molecular weight excluding hydrogens is 575 g/mol. The summed E-state index contributed by atoms with van der Waals surface area (Å²) in [7, 11) is 1.33. The topological polar surface area (TPSA) is 128 Å². The van der Waals surface area contributed by atoms with Gasteiger partial charge in [-0.25, -0.2) is 19.3 Å². The first-order valence-electron chi connectivity index (χ1n) is 13.5. The molecule has 3 heterocycles. The molecule has 0 bridgehead atoms. The van der Waals surface area contributed by atoms with E-state index in [1.54, 1.807) is 18.2 Å². The molecule has 0 unspecified atom stereocenters. The first-order valence-corrected chi connectivity index (χ1v) is 13.5. The minimum atomic E-state index is -4.52. The fourth-order valence-corrected chi connectivity index (χ4v) is 5.60. The van der Waals surface area contributed by atoms with E-state index in [9.17, 15) is 32.8 Å². The predicted octanol–water partition coefficient (Wildman–Crippen LogP) is 3.80. The predicted molar refractivity (Wildman–Crippen MR) is 139 cm³/mol. The maximum atomic E-state index is 13.4. The van der Waals surface area contributed by atoms with Gasteiger partial charge in [-0.15, -0.1) is 0 Å². The molecule has 5 rings (SSSR count). The van der Waals surface area contributed by atoms with Crippen LogP contribution in [0, 0.1) is 11.3 Å². The fourth-order valence-electron chi connectivity index (χ4n) is 5.60. The Hall–Kier alpha value is -4.19. The van der Waals surface area contributed by atoms with Crippen molar-refractivity contribution in [2.75, 3.05) is 40.1 Å². The molecule has 2 spiro atoms. The van der Waals surface area contributed by atoms with E-state index in [2.05, 4.69) is 4.90 Å². The largest absolute Gasteiger partial charge is 0.432 e. The number of likely N-dealkylation sites (tertiary alicyclic amines) is 1. The lowest BCUT2D eigenvalue weighted by Gasteiger charge is -2.43. The Labute approximate surface area is 244 Å². The third kappa shape index (κ3) is 5.75. The van der Waals surface area contributed by atoms with Crippen LogP contribution < -0.4 is 0 Å². The van der Waals surface area contributed by atoms with Gasteiger partial charge in [-0.1, -0.05) is 18.2 Å². The molecule has 0 radical (unpaired) electrons. The summed E-state index contributed by atoms with van der Waals surface area (Å²) in [6, 6.07) is 11.8. The van der Waals surface area contributed by atoms with Crippen molar-refractivity contribution < 1.29 is 51.2 Å². The van der Waals surface area contributed by atoms with Crippen LogP contribution in [0.25, 0.3) is 11.1 Å². The monoisotopic (exact) mass is 603 g/mol. The van der Waals surface area contributed by atoms with Crippen LogP contribution in [0.2, 0.25) is 0 Å². The Balaban J connectivity index is 1.18. The van der Waals surface area contributed by atoms with E-state index in [0.29, 0.717) is 54.9 Å². The Bertz CT molecular complexity index is 1430. The summed E-state index contributed by atoms with van der Waals surface area (Å²) in [5, 5.41) is 9.22. The van der Waals surface area contributed by atoms with E-state index in [-0.39, 0.29) is 26.2 Å². The highest BCUT2D eigenvalue weighted by molar-refractivity contribution is 6.31. The Morgan fingerprint density at radius 2 is 1.74 bits per heavy atom. The van der Waals surface area contributed by atoms with Crippen molar-refractivity contribution in [2.24, 2.45) is 0 Å². The number of carbonyl (C=O) groups excluding carboxylic acids is 3. The molecule has 0 saturated carbocycles. The molecule has 228 valence electrons. The number of methoxy groups -OCH3 is 1. The van der Waals surface area contributed by atoms with E-state index in [4.69, 9.17) is 23.7 Å². The quantitative estimate of drug-likeness (QED) is 0.237. The first kappa shape index (κ1) is 30.3. The lowest BCUT2D eigenvalue weighted by Crippen LogP contribution is -2.63. The van der Waals surface area contributed by atoms with Gasteiger partial charge in [-0.2, -0.15) is 18.4 Å². The van der Waals surface area contributed by atoms with Gasteiger partial charge in [0.15, 0.2) is 0 Å². The van der Waals surface area contributed by atoms with E-state index < -0.39 is 41.3 Å². The van der Waals surface area contributed by atoms with Crippen molar-refractivity contribution in [3.8, 4) is 17.2 Å². The molecule has 11 nitrogen and oxygen atoms in total. The Morgan fingerprint density at radius 1 is 1.02 bits per heavy atom. The van der Waals surface area contributed by atoms with E-state index in [1.165, 1.54) is 19.2 Å². The highest BCUT2D eigenvalue weighted by Crippen LogP contribution is 2.50. The van der Waals surface area contributed by atoms with Crippen molar-refractivity contribution >= 4 is 18.0 Å². The molecule has 1 amide bonds. The minimum Gasteiger partial charge on any atom is -0.432 e. The molecule has 14 heteroatoms. The molecule has 3 saturated heterocycles. The van der Waals surface area contributed by atoms with Gasteiger partial charge in [-0.3, -0.25) is 0 Å². The second-order valence-corrected chi connectivity index (χ2v) is 10.4. The Morgan fingerprint density at radius 3 is 2.40 bits per heavy atom. The van der Waals surface area contributed by atoms with Crippen molar-refractivity contribution in [2.45, 2.75) is 43.6 Å². The zero-order valence-corrected chi connectivity index (χ0v) is 23.1. The van der Waals surface area contributed by atoms with Crippen molar-refractivity contribution in [1.82, 2.24) is 9.80 Å². The summed E-state index contributed by atoms with van der Waals surface area (Å²) >= 11 is 0. The number of fused-ring (bicyclic) bond motifs is 1. The molecule has 43 heavy (non-hydrogen) atoms. The fraction of sp³-hybridized carbons (Fsp3) is 0.448. The number of benzene rings is 2. The molecular formula is C29H28F3N3O8. The highest BCUT2D eigenvalue weighted by Gasteiger charge is 2.75.